The molecule has 3 aromatic heterocycles. The van der Waals surface area contributed by atoms with E-state index in [1.54, 1.807) is 22.7 Å². The highest BCUT2D eigenvalue weighted by Gasteiger charge is 2.30. The van der Waals surface area contributed by atoms with Crippen LogP contribution in [0.3, 0.4) is 0 Å². The number of carbonyl (C=O) groups excluding carboxylic acids is 1. The zero-order valence-electron chi connectivity index (χ0n) is 15.8. The van der Waals surface area contributed by atoms with Gasteiger partial charge in [-0.3, -0.25) is 4.68 Å². The smallest absolute Gasteiger partial charge is 0.322 e. The molecule has 2 amide bonds. The second kappa shape index (κ2) is 6.98. The minimum absolute atomic E-state index is 0.174. The van der Waals surface area contributed by atoms with Gasteiger partial charge in [0.25, 0.3) is 0 Å². The molecule has 0 radical (unpaired) electrons. The van der Waals surface area contributed by atoms with Gasteiger partial charge < -0.3 is 14.7 Å². The van der Waals surface area contributed by atoms with Gasteiger partial charge in [0.05, 0.1) is 23.6 Å². The molecule has 142 valence electrons. The van der Waals surface area contributed by atoms with Gasteiger partial charge in [0.2, 0.25) is 5.89 Å². The van der Waals surface area contributed by atoms with Crippen LogP contribution in [-0.2, 0) is 7.05 Å². The van der Waals surface area contributed by atoms with Crippen molar-refractivity contribution in [2.45, 2.75) is 45.6 Å². The summed E-state index contributed by atoms with van der Waals surface area (Å²) in [5.41, 5.74) is 2.32. The van der Waals surface area contributed by atoms with Gasteiger partial charge in [-0.05, 0) is 25.8 Å². The Labute approximate surface area is 156 Å². The Morgan fingerprint density at radius 3 is 2.93 bits per heavy atom. The molecule has 4 heterocycles. The number of pyridine rings is 1. The standard InChI is InChI=1S/C18H23N7O2/c1-11-14-9-13(10-19-17(14)24(3)22-11)21-18(26)25-8-6-4-5-7-15(25)16-20-12(2)27-23-16/h9-10,15H,4-8H2,1-3H3,(H,21,26). The number of likely N-dealkylation sites (tertiary alicyclic amines) is 1. The number of aryl methyl sites for hydroxylation is 3. The van der Waals surface area contributed by atoms with E-state index >= 15 is 0 Å². The van der Waals surface area contributed by atoms with E-state index in [2.05, 4.69) is 25.5 Å². The van der Waals surface area contributed by atoms with Crippen LogP contribution in [0.5, 0.6) is 0 Å². The van der Waals surface area contributed by atoms with E-state index in [0.29, 0.717) is 23.9 Å². The van der Waals surface area contributed by atoms with E-state index in [1.807, 2.05) is 20.0 Å². The summed E-state index contributed by atoms with van der Waals surface area (Å²) in [6.45, 7) is 4.35. The molecule has 1 N–H and O–H groups in total. The molecule has 27 heavy (non-hydrogen) atoms. The molecule has 0 bridgehead atoms. The van der Waals surface area contributed by atoms with Crippen LogP contribution >= 0.6 is 0 Å². The Kier molecular flexibility index (Phi) is 4.51. The fourth-order valence-corrected chi connectivity index (χ4v) is 3.64. The van der Waals surface area contributed by atoms with E-state index < -0.39 is 0 Å². The number of nitrogens with one attached hydrogen (secondary N) is 1. The third-order valence-electron chi connectivity index (χ3n) is 4.97. The number of nitrogens with zero attached hydrogens (tertiary/aromatic N) is 6. The third kappa shape index (κ3) is 3.36. The summed E-state index contributed by atoms with van der Waals surface area (Å²) < 4.78 is 6.87. The zero-order valence-corrected chi connectivity index (χ0v) is 15.8. The maximum Gasteiger partial charge on any atom is 0.322 e. The molecule has 3 aromatic rings. The van der Waals surface area contributed by atoms with Crippen LogP contribution in [0, 0.1) is 13.8 Å². The maximum absolute atomic E-state index is 13.0. The van der Waals surface area contributed by atoms with Gasteiger partial charge in [-0.1, -0.05) is 18.0 Å². The summed E-state index contributed by atoms with van der Waals surface area (Å²) in [6.07, 6.45) is 5.56. The molecule has 1 fully saturated rings. The molecule has 4 rings (SSSR count). The van der Waals surface area contributed by atoms with E-state index in [1.165, 1.54) is 0 Å². The predicted octanol–water partition coefficient (Wildman–Crippen LogP) is 3.12. The highest BCUT2D eigenvalue weighted by Crippen LogP contribution is 2.29. The number of hydrogen-bond donors (Lipinski definition) is 1. The minimum Gasteiger partial charge on any atom is -0.340 e. The molecule has 1 saturated heterocycles. The molecular formula is C18H23N7O2. The number of carbonyl (C=O) groups is 1. The van der Waals surface area contributed by atoms with Gasteiger partial charge in [0, 0.05) is 25.9 Å². The number of fused-ring (bicyclic) bond motifs is 1. The lowest BCUT2D eigenvalue weighted by Gasteiger charge is -2.27. The summed E-state index contributed by atoms with van der Waals surface area (Å²) >= 11 is 0. The first-order valence-corrected chi connectivity index (χ1v) is 9.20. The molecule has 9 nitrogen and oxygen atoms in total. The van der Waals surface area contributed by atoms with Crippen LogP contribution in [0.15, 0.2) is 16.8 Å². The normalized spacial score (nSPS) is 17.9. The molecule has 9 heteroatoms. The van der Waals surface area contributed by atoms with Crippen molar-refractivity contribution in [3.05, 3.63) is 29.7 Å². The average molecular weight is 369 g/mol. The Bertz CT molecular complexity index is 977. The second-order valence-corrected chi connectivity index (χ2v) is 6.96. The highest BCUT2D eigenvalue weighted by atomic mass is 16.5. The number of rotatable bonds is 2. The molecule has 0 saturated carbocycles. The Morgan fingerprint density at radius 1 is 1.30 bits per heavy atom. The van der Waals surface area contributed by atoms with E-state index in [0.717, 1.165) is 42.4 Å². The van der Waals surface area contributed by atoms with Crippen LogP contribution in [0.4, 0.5) is 10.5 Å². The maximum atomic E-state index is 13.0. The van der Waals surface area contributed by atoms with Crippen LogP contribution in [0.1, 0.15) is 49.1 Å². The molecular weight excluding hydrogens is 346 g/mol. The van der Waals surface area contributed by atoms with Gasteiger partial charge in [0.15, 0.2) is 11.5 Å². The number of hydrogen-bond acceptors (Lipinski definition) is 6. The predicted molar refractivity (Wildman–Crippen MR) is 99.2 cm³/mol. The molecule has 0 aliphatic carbocycles. The van der Waals surface area contributed by atoms with Crippen molar-refractivity contribution in [2.24, 2.45) is 7.05 Å². The fraction of sp³-hybridized carbons (Fsp3) is 0.500. The summed E-state index contributed by atoms with van der Waals surface area (Å²) in [5, 5.41) is 12.3. The summed E-state index contributed by atoms with van der Waals surface area (Å²) in [7, 11) is 1.86. The monoisotopic (exact) mass is 369 g/mol. The number of anilines is 1. The number of urea groups is 1. The van der Waals surface area contributed by atoms with Crippen molar-refractivity contribution >= 4 is 22.8 Å². The van der Waals surface area contributed by atoms with Gasteiger partial charge in [-0.15, -0.1) is 0 Å². The van der Waals surface area contributed by atoms with Gasteiger partial charge in [0.1, 0.15) is 0 Å². The van der Waals surface area contributed by atoms with E-state index in [4.69, 9.17) is 4.52 Å². The molecule has 1 aliphatic heterocycles. The van der Waals surface area contributed by atoms with Crippen LogP contribution in [0.2, 0.25) is 0 Å². The Morgan fingerprint density at radius 2 is 2.15 bits per heavy atom. The zero-order chi connectivity index (χ0) is 19.0. The van der Waals surface area contributed by atoms with Crippen LogP contribution in [0.25, 0.3) is 11.0 Å². The van der Waals surface area contributed by atoms with Gasteiger partial charge in [-0.2, -0.15) is 10.1 Å². The SMILES string of the molecule is Cc1nc(C2CCCCCN2C(=O)Nc2cnc3c(c2)c(C)nn3C)no1. The molecule has 0 aromatic carbocycles. The van der Waals surface area contributed by atoms with Crippen LogP contribution < -0.4 is 5.32 Å². The molecule has 1 aliphatic rings. The first-order chi connectivity index (χ1) is 13.0. The first kappa shape index (κ1) is 17.4. The quantitative estimate of drug-likeness (QED) is 0.745. The Balaban J connectivity index is 1.59. The number of amides is 2. The topological polar surface area (TPSA) is 102 Å². The fourth-order valence-electron chi connectivity index (χ4n) is 3.64. The van der Waals surface area contributed by atoms with Gasteiger partial charge in [-0.25, -0.2) is 9.78 Å². The number of aromatic nitrogens is 5. The highest BCUT2D eigenvalue weighted by molar-refractivity contribution is 5.92. The van der Waals surface area contributed by atoms with Crippen molar-refractivity contribution < 1.29 is 9.32 Å². The van der Waals surface area contributed by atoms with Crippen molar-refractivity contribution in [3.8, 4) is 0 Å². The van der Waals surface area contributed by atoms with Crippen molar-refractivity contribution in [3.63, 3.8) is 0 Å². The lowest BCUT2D eigenvalue weighted by Crippen LogP contribution is -2.38. The molecule has 0 spiro atoms. The second-order valence-electron chi connectivity index (χ2n) is 6.96. The lowest BCUT2D eigenvalue weighted by molar-refractivity contribution is 0.184. The summed E-state index contributed by atoms with van der Waals surface area (Å²) in [4.78, 5) is 23.6. The van der Waals surface area contributed by atoms with Crippen molar-refractivity contribution in [2.75, 3.05) is 11.9 Å². The van der Waals surface area contributed by atoms with Crippen molar-refractivity contribution in [1.29, 1.82) is 0 Å². The third-order valence-corrected chi connectivity index (χ3v) is 4.97. The first-order valence-electron chi connectivity index (χ1n) is 9.20. The minimum atomic E-state index is -0.179. The largest absolute Gasteiger partial charge is 0.340 e. The average Bonchev–Trinajstić information content (AvgIpc) is 3.08. The summed E-state index contributed by atoms with van der Waals surface area (Å²) in [5.74, 6) is 1.08. The Hall–Kier alpha value is -2.97. The molecule has 1 unspecified atom stereocenters. The van der Waals surface area contributed by atoms with Crippen LogP contribution in [-0.4, -0.2) is 42.4 Å². The van der Waals surface area contributed by atoms with E-state index in [9.17, 15) is 4.79 Å². The van der Waals surface area contributed by atoms with E-state index in [-0.39, 0.29) is 12.1 Å². The van der Waals surface area contributed by atoms with Gasteiger partial charge >= 0.3 is 6.03 Å². The van der Waals surface area contributed by atoms with Crippen molar-refractivity contribution in [1.82, 2.24) is 29.8 Å². The molecule has 1 atom stereocenters. The summed E-state index contributed by atoms with van der Waals surface area (Å²) in [6, 6.07) is 1.56. The lowest BCUT2D eigenvalue weighted by atomic mass is 10.1.